The third-order valence-corrected chi connectivity index (χ3v) is 3.72. The van der Waals surface area contributed by atoms with Gasteiger partial charge in [-0.25, -0.2) is 0 Å². The van der Waals surface area contributed by atoms with Crippen LogP contribution in [-0.2, 0) is 11.3 Å². The molecule has 0 bridgehead atoms. The van der Waals surface area contributed by atoms with Gasteiger partial charge in [0.1, 0.15) is 0 Å². The second-order valence-corrected chi connectivity index (χ2v) is 5.42. The van der Waals surface area contributed by atoms with Crippen LogP contribution in [0.15, 0.2) is 24.3 Å². The molecule has 1 atom stereocenters. The van der Waals surface area contributed by atoms with Gasteiger partial charge in [0, 0.05) is 25.4 Å². The number of anilines is 1. The van der Waals surface area contributed by atoms with Crippen LogP contribution >= 0.6 is 0 Å². The largest absolute Gasteiger partial charge is 0.398 e. The highest BCUT2D eigenvalue weighted by Gasteiger charge is 2.18. The summed E-state index contributed by atoms with van der Waals surface area (Å²) in [7, 11) is 0. The van der Waals surface area contributed by atoms with Crippen molar-refractivity contribution in [3.05, 3.63) is 29.8 Å². The maximum absolute atomic E-state index is 6.04. The minimum absolute atomic E-state index is 0.408. The van der Waals surface area contributed by atoms with E-state index in [0.717, 1.165) is 31.9 Å². The van der Waals surface area contributed by atoms with E-state index in [2.05, 4.69) is 24.0 Å². The van der Waals surface area contributed by atoms with Crippen molar-refractivity contribution in [1.29, 1.82) is 0 Å². The minimum Gasteiger partial charge on any atom is -0.398 e. The Hall–Kier alpha value is -1.06. The van der Waals surface area contributed by atoms with Gasteiger partial charge < -0.3 is 10.5 Å². The number of hydrogen-bond donors (Lipinski definition) is 1. The van der Waals surface area contributed by atoms with Gasteiger partial charge in [-0.1, -0.05) is 25.1 Å². The van der Waals surface area contributed by atoms with Gasteiger partial charge in [-0.05, 0) is 43.9 Å². The number of ether oxygens (including phenoxy) is 1. The number of benzene rings is 1. The summed E-state index contributed by atoms with van der Waals surface area (Å²) in [6, 6.07) is 8.16. The van der Waals surface area contributed by atoms with E-state index in [1.165, 1.54) is 31.2 Å². The average Bonchev–Trinajstić information content (AvgIpc) is 2.43. The van der Waals surface area contributed by atoms with Crippen molar-refractivity contribution in [1.82, 2.24) is 4.90 Å². The molecule has 106 valence electrons. The normalized spacial score (nSPS) is 19.8. The van der Waals surface area contributed by atoms with Gasteiger partial charge >= 0.3 is 0 Å². The van der Waals surface area contributed by atoms with E-state index in [-0.39, 0.29) is 0 Å². The van der Waals surface area contributed by atoms with Crippen LogP contribution < -0.4 is 5.73 Å². The molecule has 0 aromatic heterocycles. The van der Waals surface area contributed by atoms with Crippen molar-refractivity contribution in [2.75, 3.05) is 25.4 Å². The van der Waals surface area contributed by atoms with Gasteiger partial charge in [0.25, 0.3) is 0 Å². The van der Waals surface area contributed by atoms with E-state index >= 15 is 0 Å². The Morgan fingerprint density at radius 1 is 1.32 bits per heavy atom. The molecule has 0 saturated carbocycles. The van der Waals surface area contributed by atoms with E-state index in [1.807, 2.05) is 12.1 Å². The van der Waals surface area contributed by atoms with Gasteiger partial charge in [0.15, 0.2) is 0 Å². The van der Waals surface area contributed by atoms with Crippen LogP contribution in [0.4, 0.5) is 5.69 Å². The first kappa shape index (κ1) is 14.4. The molecule has 0 amide bonds. The van der Waals surface area contributed by atoms with E-state index in [0.29, 0.717) is 6.10 Å². The first-order valence-corrected chi connectivity index (χ1v) is 7.47. The third-order valence-electron chi connectivity index (χ3n) is 3.72. The van der Waals surface area contributed by atoms with Gasteiger partial charge in [0.2, 0.25) is 0 Å². The number of para-hydroxylation sites is 1. The molecule has 3 nitrogen and oxygen atoms in total. The molecule has 0 spiro atoms. The smallest absolute Gasteiger partial charge is 0.0702 e. The molecule has 1 fully saturated rings. The summed E-state index contributed by atoms with van der Waals surface area (Å²) in [6.45, 7) is 6.22. The quantitative estimate of drug-likeness (QED) is 0.801. The number of rotatable bonds is 6. The number of nitrogen functional groups attached to an aromatic ring is 1. The number of hydrogen-bond acceptors (Lipinski definition) is 3. The lowest BCUT2D eigenvalue weighted by atomic mass is 10.1. The zero-order valence-corrected chi connectivity index (χ0v) is 12.0. The monoisotopic (exact) mass is 262 g/mol. The van der Waals surface area contributed by atoms with Crippen molar-refractivity contribution < 1.29 is 4.74 Å². The van der Waals surface area contributed by atoms with Crippen molar-refractivity contribution in [2.24, 2.45) is 0 Å². The molecular weight excluding hydrogens is 236 g/mol. The van der Waals surface area contributed by atoms with E-state index < -0.39 is 0 Å². The van der Waals surface area contributed by atoms with Crippen molar-refractivity contribution >= 4 is 5.69 Å². The Balaban J connectivity index is 1.93. The highest BCUT2D eigenvalue weighted by Crippen LogP contribution is 2.17. The lowest BCUT2D eigenvalue weighted by molar-refractivity contribution is -0.00710. The topological polar surface area (TPSA) is 38.5 Å². The Bertz CT molecular complexity index is 375. The summed E-state index contributed by atoms with van der Waals surface area (Å²) in [5, 5.41) is 0. The van der Waals surface area contributed by atoms with Gasteiger partial charge in [-0.15, -0.1) is 0 Å². The molecule has 1 aromatic rings. The molecule has 0 radical (unpaired) electrons. The first-order valence-electron chi connectivity index (χ1n) is 7.47. The van der Waals surface area contributed by atoms with E-state index in [4.69, 9.17) is 10.5 Å². The zero-order valence-electron chi connectivity index (χ0n) is 12.0. The summed E-state index contributed by atoms with van der Waals surface area (Å²) in [5.74, 6) is 0. The second-order valence-electron chi connectivity index (χ2n) is 5.42. The van der Waals surface area contributed by atoms with Crippen molar-refractivity contribution in [2.45, 2.75) is 45.3 Å². The molecule has 1 saturated heterocycles. The summed E-state index contributed by atoms with van der Waals surface area (Å²) in [5.41, 5.74) is 8.17. The van der Waals surface area contributed by atoms with Crippen LogP contribution in [0, 0.1) is 0 Å². The fourth-order valence-electron chi connectivity index (χ4n) is 2.71. The molecule has 1 aliphatic rings. The highest BCUT2D eigenvalue weighted by molar-refractivity contribution is 5.46. The SMILES string of the molecule is CCCN(Cc1ccccc1N)CC1CCCCO1. The van der Waals surface area contributed by atoms with Crippen LogP contribution in [0.5, 0.6) is 0 Å². The minimum atomic E-state index is 0.408. The summed E-state index contributed by atoms with van der Waals surface area (Å²) < 4.78 is 5.85. The second kappa shape index (κ2) is 7.51. The molecule has 1 unspecified atom stereocenters. The summed E-state index contributed by atoms with van der Waals surface area (Å²) in [4.78, 5) is 2.47. The molecule has 2 rings (SSSR count). The predicted octanol–water partition coefficient (Wildman–Crippen LogP) is 3.05. The van der Waals surface area contributed by atoms with E-state index in [9.17, 15) is 0 Å². The molecule has 1 aliphatic heterocycles. The summed E-state index contributed by atoms with van der Waals surface area (Å²) in [6.07, 6.45) is 5.29. The Morgan fingerprint density at radius 2 is 2.16 bits per heavy atom. The van der Waals surface area contributed by atoms with E-state index in [1.54, 1.807) is 0 Å². The third kappa shape index (κ3) is 4.51. The van der Waals surface area contributed by atoms with Gasteiger partial charge in [-0.3, -0.25) is 4.90 Å². The van der Waals surface area contributed by atoms with Crippen LogP contribution in [0.3, 0.4) is 0 Å². The standard InChI is InChI=1S/C16H26N2O/c1-2-10-18(13-15-8-5-6-11-19-15)12-14-7-3-4-9-16(14)17/h3-4,7,9,15H,2,5-6,8,10-13,17H2,1H3. The lowest BCUT2D eigenvalue weighted by Gasteiger charge is -2.30. The first-order chi connectivity index (χ1) is 9.29. The molecular formula is C16H26N2O. The van der Waals surface area contributed by atoms with Crippen molar-refractivity contribution in [3.8, 4) is 0 Å². The average molecular weight is 262 g/mol. The molecule has 1 heterocycles. The maximum Gasteiger partial charge on any atom is 0.0702 e. The van der Waals surface area contributed by atoms with Crippen molar-refractivity contribution in [3.63, 3.8) is 0 Å². The lowest BCUT2D eigenvalue weighted by Crippen LogP contribution is -2.36. The highest BCUT2D eigenvalue weighted by atomic mass is 16.5. The Labute approximate surface area is 116 Å². The predicted molar refractivity (Wildman–Crippen MR) is 80.0 cm³/mol. The van der Waals surface area contributed by atoms with Crippen LogP contribution in [-0.4, -0.2) is 30.7 Å². The fourth-order valence-corrected chi connectivity index (χ4v) is 2.71. The Kier molecular flexibility index (Phi) is 5.67. The molecule has 3 heteroatoms. The molecule has 0 aliphatic carbocycles. The van der Waals surface area contributed by atoms with Gasteiger partial charge in [-0.2, -0.15) is 0 Å². The fraction of sp³-hybridized carbons (Fsp3) is 0.625. The molecule has 1 aromatic carbocycles. The van der Waals surface area contributed by atoms with Crippen LogP contribution in [0.25, 0.3) is 0 Å². The zero-order chi connectivity index (χ0) is 13.5. The Morgan fingerprint density at radius 3 is 2.84 bits per heavy atom. The molecule has 2 N–H and O–H groups in total. The van der Waals surface area contributed by atoms with Crippen LogP contribution in [0.1, 0.15) is 38.2 Å². The maximum atomic E-state index is 6.04. The molecule has 19 heavy (non-hydrogen) atoms. The number of nitrogens with zero attached hydrogens (tertiary/aromatic N) is 1. The number of nitrogens with two attached hydrogens (primary N) is 1. The van der Waals surface area contributed by atoms with Crippen LogP contribution in [0.2, 0.25) is 0 Å². The summed E-state index contributed by atoms with van der Waals surface area (Å²) >= 11 is 0. The van der Waals surface area contributed by atoms with Gasteiger partial charge in [0.05, 0.1) is 6.10 Å².